The number of amides is 2. The molecule has 1 atom stereocenters. The van der Waals surface area contributed by atoms with Gasteiger partial charge in [0.1, 0.15) is 23.5 Å². The molecule has 2 rings (SSSR count). The van der Waals surface area contributed by atoms with Crippen LogP contribution in [0.2, 0.25) is 5.15 Å². The number of halogens is 4. The van der Waals surface area contributed by atoms with Gasteiger partial charge in [-0.2, -0.15) is 13.2 Å². The third-order valence-electron chi connectivity index (χ3n) is 5.02. The highest BCUT2D eigenvalue weighted by Gasteiger charge is 2.33. The van der Waals surface area contributed by atoms with E-state index in [4.69, 9.17) is 25.8 Å². The highest BCUT2D eigenvalue weighted by molar-refractivity contribution is 6.32. The van der Waals surface area contributed by atoms with Gasteiger partial charge in [0.15, 0.2) is 0 Å². The number of benzene rings is 1. The fraction of sp³-hybridized carbons (Fsp3) is 0.462. The van der Waals surface area contributed by atoms with E-state index in [1.54, 1.807) is 20.8 Å². The van der Waals surface area contributed by atoms with Gasteiger partial charge in [0.2, 0.25) is 0 Å². The lowest BCUT2D eigenvalue weighted by atomic mass is 10.2. The number of nitrogens with zero attached hydrogens (tertiary/aromatic N) is 2. The molecule has 1 aromatic carbocycles. The van der Waals surface area contributed by atoms with E-state index in [9.17, 15) is 27.6 Å². The van der Waals surface area contributed by atoms with Crippen molar-refractivity contribution in [3.63, 3.8) is 0 Å². The second-order valence-electron chi connectivity index (χ2n) is 9.52. The number of hydrogen-bond acceptors (Lipinski definition) is 7. The van der Waals surface area contributed by atoms with Crippen molar-refractivity contribution in [1.29, 1.82) is 0 Å². The van der Waals surface area contributed by atoms with Crippen LogP contribution in [0, 0.1) is 0 Å². The van der Waals surface area contributed by atoms with Crippen LogP contribution in [0.5, 0.6) is 0 Å². The van der Waals surface area contributed by atoms with E-state index in [0.29, 0.717) is 12.3 Å². The van der Waals surface area contributed by atoms with Crippen molar-refractivity contribution in [2.24, 2.45) is 0 Å². The zero-order valence-electron chi connectivity index (χ0n) is 22.0. The van der Waals surface area contributed by atoms with Crippen LogP contribution in [0.25, 0.3) is 0 Å². The summed E-state index contributed by atoms with van der Waals surface area (Å²) in [5, 5.41) is 2.13. The number of rotatable bonds is 10. The highest BCUT2D eigenvalue weighted by atomic mass is 35.5. The molecule has 2 amide bonds. The van der Waals surface area contributed by atoms with Gasteiger partial charge in [-0.25, -0.2) is 19.4 Å². The van der Waals surface area contributed by atoms with Gasteiger partial charge < -0.3 is 24.4 Å². The van der Waals surface area contributed by atoms with Crippen molar-refractivity contribution >= 4 is 29.8 Å². The summed E-state index contributed by atoms with van der Waals surface area (Å²) in [6.07, 6.45) is -6.21. The Morgan fingerprint density at radius 1 is 1.10 bits per heavy atom. The second-order valence-corrected chi connectivity index (χ2v) is 9.88. The standard InChI is InChI=1S/C26H31ClF3N3O6/c1-17(38-22(34)20-14-19(26(28,29)30)15-32-21(20)27)10-12-33(24(36)39-25(2,3)4)13-11-31-23(35)37-16-18-8-6-5-7-9-18/h5-9,14-15,17H,10-13,16H2,1-4H3,(H,31,35). The van der Waals surface area contributed by atoms with Gasteiger partial charge in [-0.3, -0.25) is 0 Å². The van der Waals surface area contributed by atoms with Gasteiger partial charge in [0, 0.05) is 32.3 Å². The van der Waals surface area contributed by atoms with Gasteiger partial charge >= 0.3 is 24.3 Å². The first kappa shape index (κ1) is 31.7. The number of nitrogens with one attached hydrogen (secondary N) is 1. The first-order chi connectivity index (χ1) is 18.2. The summed E-state index contributed by atoms with van der Waals surface area (Å²) in [6.45, 7) is 6.83. The van der Waals surface area contributed by atoms with Crippen molar-refractivity contribution in [2.75, 3.05) is 19.6 Å². The smallest absolute Gasteiger partial charge is 0.417 e. The van der Waals surface area contributed by atoms with Crippen molar-refractivity contribution in [3.8, 4) is 0 Å². The number of alkyl halides is 3. The number of pyridine rings is 1. The fourth-order valence-corrected chi connectivity index (χ4v) is 3.26. The molecule has 2 aromatic rings. The maximum absolute atomic E-state index is 13.0. The Morgan fingerprint density at radius 3 is 2.38 bits per heavy atom. The molecule has 1 heterocycles. The summed E-state index contributed by atoms with van der Waals surface area (Å²) >= 11 is 5.80. The number of esters is 1. The first-order valence-electron chi connectivity index (χ1n) is 12.0. The zero-order valence-corrected chi connectivity index (χ0v) is 22.8. The number of carbonyl (C=O) groups excluding carboxylic acids is 3. The summed E-state index contributed by atoms with van der Waals surface area (Å²) in [5.41, 5.74) is -1.64. The van der Waals surface area contributed by atoms with Gasteiger partial charge in [-0.05, 0) is 39.3 Å². The van der Waals surface area contributed by atoms with Crippen molar-refractivity contribution < 1.29 is 41.8 Å². The van der Waals surface area contributed by atoms with Crippen LogP contribution in [0.4, 0.5) is 22.8 Å². The van der Waals surface area contributed by atoms with Crippen LogP contribution in [-0.2, 0) is 27.0 Å². The number of alkyl carbamates (subject to hydrolysis) is 1. The molecule has 0 bridgehead atoms. The molecule has 39 heavy (non-hydrogen) atoms. The predicted molar refractivity (Wildman–Crippen MR) is 136 cm³/mol. The molecule has 1 N–H and O–H groups in total. The molecule has 9 nitrogen and oxygen atoms in total. The molecule has 1 aromatic heterocycles. The fourth-order valence-electron chi connectivity index (χ4n) is 3.08. The molecule has 0 fully saturated rings. The Kier molecular flexibility index (Phi) is 11.4. The number of hydrogen-bond donors (Lipinski definition) is 1. The van der Waals surface area contributed by atoms with Crippen LogP contribution >= 0.6 is 11.6 Å². The average Bonchev–Trinajstić information content (AvgIpc) is 2.83. The maximum Gasteiger partial charge on any atom is 0.417 e. The molecule has 0 aliphatic rings. The van der Waals surface area contributed by atoms with E-state index in [-0.39, 0.29) is 32.7 Å². The minimum absolute atomic E-state index is 0.0482. The predicted octanol–water partition coefficient (Wildman–Crippen LogP) is 5.85. The van der Waals surface area contributed by atoms with Crippen LogP contribution < -0.4 is 5.32 Å². The van der Waals surface area contributed by atoms with Crippen LogP contribution in [0.15, 0.2) is 42.6 Å². The van der Waals surface area contributed by atoms with Crippen molar-refractivity contribution in [1.82, 2.24) is 15.2 Å². The summed E-state index contributed by atoms with van der Waals surface area (Å²) in [5.74, 6) is -1.09. The van der Waals surface area contributed by atoms with E-state index in [2.05, 4.69) is 10.3 Å². The number of carbonyl (C=O) groups is 3. The monoisotopic (exact) mass is 573 g/mol. The Morgan fingerprint density at radius 2 is 1.77 bits per heavy atom. The molecular formula is C26H31ClF3N3O6. The zero-order chi connectivity index (χ0) is 29.2. The first-order valence-corrected chi connectivity index (χ1v) is 12.4. The van der Waals surface area contributed by atoms with Crippen LogP contribution in [0.3, 0.4) is 0 Å². The van der Waals surface area contributed by atoms with E-state index >= 15 is 0 Å². The quantitative estimate of drug-likeness (QED) is 0.216. The maximum atomic E-state index is 13.0. The summed E-state index contributed by atoms with van der Waals surface area (Å²) in [4.78, 5) is 41.9. The third kappa shape index (κ3) is 11.4. The molecule has 0 radical (unpaired) electrons. The summed E-state index contributed by atoms with van der Waals surface area (Å²) in [7, 11) is 0. The lowest BCUT2D eigenvalue weighted by Crippen LogP contribution is -2.42. The van der Waals surface area contributed by atoms with E-state index in [1.807, 2.05) is 30.3 Å². The van der Waals surface area contributed by atoms with Crippen molar-refractivity contribution in [2.45, 2.75) is 58.6 Å². The van der Waals surface area contributed by atoms with Gasteiger partial charge in [-0.15, -0.1) is 0 Å². The minimum atomic E-state index is -4.71. The van der Waals surface area contributed by atoms with Crippen LogP contribution in [-0.4, -0.2) is 59.4 Å². The lowest BCUT2D eigenvalue weighted by molar-refractivity contribution is -0.137. The molecule has 0 saturated heterocycles. The largest absolute Gasteiger partial charge is 0.459 e. The molecule has 0 spiro atoms. The normalized spacial score (nSPS) is 12.3. The van der Waals surface area contributed by atoms with Gasteiger partial charge in [0.25, 0.3) is 0 Å². The highest BCUT2D eigenvalue weighted by Crippen LogP contribution is 2.31. The van der Waals surface area contributed by atoms with Crippen molar-refractivity contribution in [3.05, 3.63) is 64.4 Å². The second kappa shape index (κ2) is 14.0. The molecule has 214 valence electrons. The Labute approximate surface area is 229 Å². The number of aromatic nitrogens is 1. The van der Waals surface area contributed by atoms with Gasteiger partial charge in [0.05, 0.1) is 11.1 Å². The summed E-state index contributed by atoms with van der Waals surface area (Å²) in [6, 6.07) is 9.66. The molecular weight excluding hydrogens is 543 g/mol. The van der Waals surface area contributed by atoms with Gasteiger partial charge in [-0.1, -0.05) is 41.9 Å². The van der Waals surface area contributed by atoms with Crippen LogP contribution in [0.1, 0.15) is 55.6 Å². The summed E-state index contributed by atoms with van der Waals surface area (Å²) < 4.78 is 54.7. The third-order valence-corrected chi connectivity index (χ3v) is 5.32. The SMILES string of the molecule is CC(CCN(CCNC(=O)OCc1ccccc1)C(=O)OC(C)(C)C)OC(=O)c1cc(C(F)(F)F)cnc1Cl. The van der Waals surface area contributed by atoms with E-state index < -0.39 is 52.3 Å². The molecule has 13 heteroatoms. The minimum Gasteiger partial charge on any atom is -0.459 e. The van der Waals surface area contributed by atoms with E-state index in [0.717, 1.165) is 5.56 Å². The molecule has 1 unspecified atom stereocenters. The Balaban J connectivity index is 1.93. The topological polar surface area (TPSA) is 107 Å². The Bertz CT molecular complexity index is 1130. The molecule has 0 aliphatic heterocycles. The molecule has 0 aliphatic carbocycles. The average molecular weight is 574 g/mol. The lowest BCUT2D eigenvalue weighted by Gasteiger charge is -2.28. The van der Waals surface area contributed by atoms with E-state index in [1.165, 1.54) is 11.8 Å². The Hall–Kier alpha value is -3.54. The number of ether oxygens (including phenoxy) is 3. The molecule has 0 saturated carbocycles.